The van der Waals surface area contributed by atoms with Crippen LogP contribution in [0.1, 0.15) is 48.3 Å². The number of carbonyl (C=O) groups excluding carboxylic acids is 2. The Balaban J connectivity index is 2.07. The highest BCUT2D eigenvalue weighted by atomic mass is 16.2. The van der Waals surface area contributed by atoms with E-state index in [1.807, 2.05) is 31.2 Å². The lowest BCUT2D eigenvalue weighted by atomic mass is 10.0. The van der Waals surface area contributed by atoms with E-state index < -0.39 is 5.91 Å². The van der Waals surface area contributed by atoms with Gasteiger partial charge in [-0.1, -0.05) is 38.1 Å². The number of nitrogens with one attached hydrogen (secondary N) is 1. The highest BCUT2D eigenvalue weighted by Gasteiger charge is 2.14. The SMILES string of the molecule is CCn1cc(NC(=O)/C=C/c2ccc(C(C)C)cc2)c(C(N)=O)n1. The van der Waals surface area contributed by atoms with E-state index in [0.29, 0.717) is 18.2 Å². The van der Waals surface area contributed by atoms with Crippen LogP contribution in [0.3, 0.4) is 0 Å². The zero-order valence-corrected chi connectivity index (χ0v) is 14.1. The molecule has 0 aliphatic carbocycles. The summed E-state index contributed by atoms with van der Waals surface area (Å²) in [4.78, 5) is 23.4. The molecular formula is C18H22N4O2. The molecule has 6 nitrogen and oxygen atoms in total. The summed E-state index contributed by atoms with van der Waals surface area (Å²) in [7, 11) is 0. The monoisotopic (exact) mass is 326 g/mol. The van der Waals surface area contributed by atoms with Crippen LogP contribution in [-0.4, -0.2) is 21.6 Å². The number of aryl methyl sites for hydroxylation is 1. The lowest BCUT2D eigenvalue weighted by molar-refractivity contribution is -0.111. The van der Waals surface area contributed by atoms with E-state index in [1.165, 1.54) is 11.6 Å². The van der Waals surface area contributed by atoms with Gasteiger partial charge in [0, 0.05) is 18.8 Å². The topological polar surface area (TPSA) is 90.0 Å². The molecule has 24 heavy (non-hydrogen) atoms. The fourth-order valence-electron chi connectivity index (χ4n) is 2.20. The van der Waals surface area contributed by atoms with E-state index >= 15 is 0 Å². The summed E-state index contributed by atoms with van der Waals surface area (Å²) in [6.45, 7) is 6.72. The molecular weight excluding hydrogens is 304 g/mol. The summed E-state index contributed by atoms with van der Waals surface area (Å²) in [6, 6.07) is 8.00. The van der Waals surface area contributed by atoms with Crippen molar-refractivity contribution in [3.8, 4) is 0 Å². The van der Waals surface area contributed by atoms with Crippen molar-refractivity contribution in [2.24, 2.45) is 5.73 Å². The third-order valence-corrected chi connectivity index (χ3v) is 3.61. The first kappa shape index (κ1) is 17.5. The average molecular weight is 326 g/mol. The molecule has 0 fully saturated rings. The maximum Gasteiger partial charge on any atom is 0.271 e. The minimum absolute atomic E-state index is 0.0555. The number of amides is 2. The first-order chi connectivity index (χ1) is 11.4. The number of aromatic nitrogens is 2. The standard InChI is InChI=1S/C18H22N4O2/c1-4-22-11-15(17(21-22)18(19)24)20-16(23)10-7-13-5-8-14(9-6-13)12(2)3/h5-12H,4H2,1-3H3,(H2,19,24)(H,20,23)/b10-7+. The van der Waals surface area contributed by atoms with Crippen molar-refractivity contribution in [2.75, 3.05) is 5.32 Å². The van der Waals surface area contributed by atoms with Crippen molar-refractivity contribution in [3.63, 3.8) is 0 Å². The van der Waals surface area contributed by atoms with Crippen molar-refractivity contribution < 1.29 is 9.59 Å². The molecule has 2 amide bonds. The van der Waals surface area contributed by atoms with Crippen LogP contribution < -0.4 is 11.1 Å². The summed E-state index contributed by atoms with van der Waals surface area (Å²) in [5, 5.41) is 6.67. The molecule has 1 aromatic carbocycles. The van der Waals surface area contributed by atoms with Crippen molar-refractivity contribution in [3.05, 3.63) is 53.4 Å². The lowest BCUT2D eigenvalue weighted by Gasteiger charge is -2.04. The Labute approximate surface area is 141 Å². The van der Waals surface area contributed by atoms with Gasteiger partial charge in [0.15, 0.2) is 5.69 Å². The van der Waals surface area contributed by atoms with Crippen molar-refractivity contribution in [1.29, 1.82) is 0 Å². The van der Waals surface area contributed by atoms with Gasteiger partial charge in [0.25, 0.3) is 5.91 Å². The molecule has 2 aromatic rings. The molecule has 2 rings (SSSR count). The van der Waals surface area contributed by atoms with Gasteiger partial charge >= 0.3 is 0 Å². The molecule has 0 bridgehead atoms. The zero-order valence-electron chi connectivity index (χ0n) is 14.1. The molecule has 126 valence electrons. The molecule has 0 unspecified atom stereocenters. The van der Waals surface area contributed by atoms with Crippen molar-refractivity contribution in [2.45, 2.75) is 33.2 Å². The summed E-state index contributed by atoms with van der Waals surface area (Å²) in [5.41, 5.74) is 7.82. The molecule has 0 saturated carbocycles. The number of nitrogens with zero attached hydrogens (tertiary/aromatic N) is 2. The summed E-state index contributed by atoms with van der Waals surface area (Å²) in [6.07, 6.45) is 4.72. The largest absolute Gasteiger partial charge is 0.364 e. The molecule has 0 radical (unpaired) electrons. The quantitative estimate of drug-likeness (QED) is 0.800. The van der Waals surface area contributed by atoms with Gasteiger partial charge in [0.1, 0.15) is 0 Å². The van der Waals surface area contributed by atoms with Crippen LogP contribution >= 0.6 is 0 Å². The van der Waals surface area contributed by atoms with Gasteiger partial charge < -0.3 is 11.1 Å². The van der Waals surface area contributed by atoms with Crippen molar-refractivity contribution >= 4 is 23.6 Å². The number of anilines is 1. The number of benzene rings is 1. The molecule has 6 heteroatoms. The van der Waals surface area contributed by atoms with Gasteiger partial charge in [-0.25, -0.2) is 0 Å². The normalized spacial score (nSPS) is 11.2. The Morgan fingerprint density at radius 3 is 2.50 bits per heavy atom. The smallest absolute Gasteiger partial charge is 0.271 e. The van der Waals surface area contributed by atoms with Gasteiger partial charge in [-0.15, -0.1) is 0 Å². The maximum atomic E-state index is 12.0. The third kappa shape index (κ3) is 4.32. The minimum Gasteiger partial charge on any atom is -0.364 e. The predicted octanol–water partition coefficient (Wildman–Crippen LogP) is 2.78. The zero-order chi connectivity index (χ0) is 17.7. The fraction of sp³-hybridized carbons (Fsp3) is 0.278. The van der Waals surface area contributed by atoms with E-state index in [4.69, 9.17) is 5.73 Å². The highest BCUT2D eigenvalue weighted by Crippen LogP contribution is 2.16. The van der Waals surface area contributed by atoms with Crippen LogP contribution in [0.4, 0.5) is 5.69 Å². The number of hydrogen-bond acceptors (Lipinski definition) is 3. The van der Waals surface area contributed by atoms with Crippen molar-refractivity contribution in [1.82, 2.24) is 9.78 Å². The second kappa shape index (κ2) is 7.59. The van der Waals surface area contributed by atoms with Crippen LogP contribution in [-0.2, 0) is 11.3 Å². The lowest BCUT2D eigenvalue weighted by Crippen LogP contribution is -2.16. The second-order valence-corrected chi connectivity index (χ2v) is 5.76. The Hall–Kier alpha value is -2.89. The van der Waals surface area contributed by atoms with Crippen LogP contribution in [0.15, 0.2) is 36.5 Å². The van der Waals surface area contributed by atoms with Gasteiger partial charge in [0.05, 0.1) is 5.69 Å². The number of nitrogens with two attached hydrogens (primary N) is 1. The van der Waals surface area contributed by atoms with Gasteiger partial charge in [0.2, 0.25) is 5.91 Å². The molecule has 1 aromatic heterocycles. The number of carbonyl (C=O) groups is 2. The summed E-state index contributed by atoms with van der Waals surface area (Å²) in [5.74, 6) is -0.555. The Kier molecular flexibility index (Phi) is 5.52. The predicted molar refractivity (Wildman–Crippen MR) is 94.6 cm³/mol. The second-order valence-electron chi connectivity index (χ2n) is 5.76. The van der Waals surface area contributed by atoms with Crippen LogP contribution in [0, 0.1) is 0 Å². The molecule has 0 spiro atoms. The minimum atomic E-state index is -0.675. The maximum absolute atomic E-state index is 12.0. The molecule has 0 aliphatic heterocycles. The van der Waals surface area contributed by atoms with E-state index in [0.717, 1.165) is 5.56 Å². The Morgan fingerprint density at radius 2 is 1.96 bits per heavy atom. The van der Waals surface area contributed by atoms with E-state index in [-0.39, 0.29) is 11.6 Å². The average Bonchev–Trinajstić information content (AvgIpc) is 2.96. The molecule has 0 aliphatic rings. The first-order valence-electron chi connectivity index (χ1n) is 7.87. The molecule has 0 atom stereocenters. The Bertz CT molecular complexity index is 758. The van der Waals surface area contributed by atoms with Gasteiger partial charge in [-0.05, 0) is 30.0 Å². The van der Waals surface area contributed by atoms with Crippen LogP contribution in [0.2, 0.25) is 0 Å². The number of rotatable bonds is 6. The number of primary amides is 1. The van der Waals surface area contributed by atoms with Crippen LogP contribution in [0.25, 0.3) is 6.08 Å². The summed E-state index contributed by atoms with van der Waals surface area (Å²) < 4.78 is 1.55. The van der Waals surface area contributed by atoms with Crippen LogP contribution in [0.5, 0.6) is 0 Å². The third-order valence-electron chi connectivity index (χ3n) is 3.61. The van der Waals surface area contributed by atoms with Gasteiger partial charge in [-0.3, -0.25) is 14.3 Å². The Morgan fingerprint density at radius 1 is 1.29 bits per heavy atom. The summed E-state index contributed by atoms with van der Waals surface area (Å²) >= 11 is 0. The highest BCUT2D eigenvalue weighted by molar-refractivity contribution is 6.06. The van der Waals surface area contributed by atoms with E-state index in [1.54, 1.807) is 17.0 Å². The molecule has 1 heterocycles. The number of hydrogen-bond donors (Lipinski definition) is 2. The van der Waals surface area contributed by atoms with Gasteiger partial charge in [-0.2, -0.15) is 5.10 Å². The van der Waals surface area contributed by atoms with E-state index in [2.05, 4.69) is 24.3 Å². The molecule has 3 N–H and O–H groups in total. The first-order valence-corrected chi connectivity index (χ1v) is 7.87. The van der Waals surface area contributed by atoms with E-state index in [9.17, 15) is 9.59 Å². The fourth-order valence-corrected chi connectivity index (χ4v) is 2.20. The molecule has 0 saturated heterocycles.